The van der Waals surface area contributed by atoms with Crippen LogP contribution in [0.2, 0.25) is 0 Å². The van der Waals surface area contributed by atoms with Crippen LogP contribution in [0.15, 0.2) is 182 Å². The average Bonchev–Trinajstić information content (AvgIpc) is 1.48. The van der Waals surface area contributed by atoms with Crippen molar-refractivity contribution in [2.75, 3.05) is 9.80 Å². The Kier molecular flexibility index (Phi) is 4.64. The fraction of sp³-hybridized carbons (Fsp3) is 0.206. The Hall–Kier alpha value is -7.82. The summed E-state index contributed by atoms with van der Waals surface area (Å²) in [5.41, 5.74) is -9.23. The summed E-state index contributed by atoms with van der Waals surface area (Å²) in [5, 5.41) is -2.37. The van der Waals surface area contributed by atoms with Crippen molar-refractivity contribution in [2.45, 2.75) is 91.6 Å². The van der Waals surface area contributed by atoms with Gasteiger partial charge in [-0.05, 0) is 117 Å². The van der Waals surface area contributed by atoms with E-state index < -0.39 is 205 Å². The van der Waals surface area contributed by atoms with Gasteiger partial charge in [0.25, 0.3) is 0 Å². The van der Waals surface area contributed by atoms with Gasteiger partial charge in [0.2, 0.25) is 0 Å². The van der Waals surface area contributed by atoms with Gasteiger partial charge >= 0.3 is 0 Å². The third-order valence-corrected chi connectivity index (χ3v) is 13.2. The number of benzene rings is 9. The lowest BCUT2D eigenvalue weighted by atomic mass is 9.85. The number of hydrogen-bond donors (Lipinski definition) is 0. The summed E-state index contributed by atoms with van der Waals surface area (Å²) in [6, 6.07) is -3.43. The van der Waals surface area contributed by atoms with Crippen LogP contribution >= 0.6 is 0 Å². The number of hydrogen-bond acceptors (Lipinski definition) is 2. The molecule has 0 atom stereocenters. The van der Waals surface area contributed by atoms with Gasteiger partial charge in [-0.3, -0.25) is 0 Å². The third-order valence-electron chi connectivity index (χ3n) is 13.2. The Morgan fingerprint density at radius 3 is 1.17 bits per heavy atom. The molecule has 13 rings (SSSR count). The monoisotopic (exact) mass is 969 g/mol. The zero-order valence-corrected chi connectivity index (χ0v) is 39.6. The minimum absolute atomic E-state index is 0.00831. The van der Waals surface area contributed by atoms with Crippen molar-refractivity contribution >= 4 is 110 Å². The molecule has 0 unspecified atom stereocenters. The van der Waals surface area contributed by atoms with Crippen LogP contribution in [-0.4, -0.2) is 8.80 Å². The predicted octanol–water partition coefficient (Wildman–Crippen LogP) is 19.8. The average molecular weight is 969 g/mol. The molecule has 9 aromatic carbocycles. The minimum Gasteiger partial charge on any atom is -0.310 e. The van der Waals surface area contributed by atoms with Gasteiger partial charge in [0.1, 0.15) is 0 Å². The van der Waals surface area contributed by atoms with Gasteiger partial charge in [-0.1, -0.05) is 178 Å². The summed E-state index contributed by atoms with van der Waals surface area (Å²) in [6.07, 6.45) is 0. The van der Waals surface area contributed by atoms with E-state index >= 15 is 0 Å². The van der Waals surface area contributed by atoms with E-state index in [-0.39, 0.29) is 98.7 Å². The van der Waals surface area contributed by atoms with Crippen molar-refractivity contribution in [2.24, 2.45) is 0 Å². The maximum atomic E-state index is 10.9. The molecule has 0 saturated carbocycles. The van der Waals surface area contributed by atoms with Gasteiger partial charge in [-0.2, -0.15) is 0 Å². The van der Waals surface area contributed by atoms with E-state index in [1.54, 1.807) is 53.7 Å². The highest BCUT2D eigenvalue weighted by atomic mass is 15.2. The summed E-state index contributed by atoms with van der Waals surface area (Å²) in [5.74, 6) is -7.58. The normalized spacial score (nSPS) is 20.6. The highest BCUT2D eigenvalue weighted by Gasteiger charge is 2.31. The van der Waals surface area contributed by atoms with Crippen LogP contribution in [0, 0.1) is 0 Å². The quantitative estimate of drug-likeness (QED) is 0.151. The topological polar surface area (TPSA) is 15.3 Å². The molecular weight excluding hydrogens is 873 g/mol. The van der Waals surface area contributed by atoms with Crippen molar-refractivity contribution < 1.29 is 46.6 Å². The summed E-state index contributed by atoms with van der Waals surface area (Å²) in [6.45, 7) is -5.23. The highest BCUT2D eigenvalue weighted by Crippen LogP contribution is 2.53. The molecule has 0 aliphatic carbocycles. The van der Waals surface area contributed by atoms with E-state index in [4.69, 9.17) is 19.2 Å². The van der Waals surface area contributed by atoms with Gasteiger partial charge in [-0.15, -0.1) is 0 Å². The maximum absolute atomic E-state index is 10.9. The van der Waals surface area contributed by atoms with Crippen LogP contribution in [0.5, 0.6) is 0 Å². The van der Waals surface area contributed by atoms with Gasteiger partial charge in [-0.25, -0.2) is 0 Å². The molecule has 4 heterocycles. The van der Waals surface area contributed by atoms with Crippen LogP contribution in [0.4, 0.5) is 34.1 Å². The zero-order valence-electron chi connectivity index (χ0n) is 73.6. The Morgan fingerprint density at radius 1 is 0.417 bits per heavy atom. The van der Waals surface area contributed by atoms with Crippen LogP contribution in [-0.2, 0) is 10.8 Å². The van der Waals surface area contributed by atoms with Crippen molar-refractivity contribution in [1.29, 1.82) is 0 Å². The molecule has 0 bridgehead atoms. The lowest BCUT2D eigenvalue weighted by Gasteiger charge is -2.27. The first kappa shape index (κ1) is 21.1. The second kappa shape index (κ2) is 15.8. The van der Waals surface area contributed by atoms with Crippen LogP contribution in [0.3, 0.4) is 0 Å². The first-order valence-electron chi connectivity index (χ1n) is 40.0. The molecule has 4 nitrogen and oxygen atoms in total. The molecule has 0 aliphatic rings. The second-order valence-corrected chi connectivity index (χ2v) is 19.7. The summed E-state index contributed by atoms with van der Waals surface area (Å²) >= 11 is 0. The number of rotatable bonds is 8. The predicted molar refractivity (Wildman–Crippen MR) is 311 cm³/mol. The molecule has 0 radical (unpaired) electrons. The second-order valence-electron chi connectivity index (χ2n) is 19.7. The molecule has 0 aliphatic heterocycles. The molecule has 0 spiro atoms. The SMILES string of the molecule is [2H]c1c([2H])c(C([2H])(C([2H])([2H])[2H])C([2H])([2H])[2H])c([2H])c([2H])c1N(c1ccccc1)c1c([2H])c([2H])c2c3c([2H])c4c(c([2H])c3n3c5c(C(C)(C)C)c([2H])c([2H])c([2H])c5c1c23)c1c([2H])c([2H])c(N(c2ccccc2)c2c([2H])c([2H])c(C([2H])(C([2H])([2H])[2H])C([2H])([2H])[2H])c([2H])c2[2H])c2c3c([2H])c([2H])c([2H])c(C(C)(C)C)c3n4c12. The fourth-order valence-electron chi connectivity index (χ4n) is 10.1. The standard InChI is InChI=1S/C68H62N4/c1-41(2)43-27-31-47(32-28-43)69(45-19-13-11-14-20-45)57-37-35-49-53-39-60-54(40-59(53)71-63-51(61(57)65(49)71)23-17-25-55(63)67(5,6)7)50-36-38-58(62-52-24-18-26-56(68(8,9)10)64(52)72(60)66(50)62)70(46-21-15-12-16-22-46)48-33-29-44(30-34-48)42(3)4/h11-42H,1-10H3/i1D3,2D3,3D3,4D3,17D,18D,23D,24D,25D,26D,27D,28D,29D,30D,31D,32D,33D,34D,35D,36D,37D,38D,39D,40D,41D,42D. The highest BCUT2D eigenvalue weighted by molar-refractivity contribution is 6.32. The van der Waals surface area contributed by atoms with Crippen LogP contribution in [0.25, 0.3) is 76.2 Å². The lowest BCUT2D eigenvalue weighted by Crippen LogP contribution is -2.12. The Morgan fingerprint density at radius 2 is 0.806 bits per heavy atom. The molecule has 0 N–H and O–H groups in total. The molecule has 0 fully saturated rings. The molecule has 72 heavy (non-hydrogen) atoms. The molecule has 354 valence electrons. The number of para-hydroxylation sites is 4. The number of aromatic nitrogens is 2. The summed E-state index contributed by atoms with van der Waals surface area (Å²) in [4.78, 5) is 2.00. The van der Waals surface area contributed by atoms with E-state index in [9.17, 15) is 27.4 Å². The summed E-state index contributed by atoms with van der Waals surface area (Å²) in [7, 11) is 0. The van der Waals surface area contributed by atoms with Crippen LogP contribution in [0.1, 0.15) is 150 Å². The van der Waals surface area contributed by atoms with E-state index in [1.807, 2.05) is 0 Å². The Bertz CT molecular complexity index is 5560. The zero-order chi connectivity index (χ0) is 78.8. The van der Waals surface area contributed by atoms with Gasteiger partial charge in [0, 0.05) is 85.0 Å². The van der Waals surface area contributed by atoms with E-state index in [0.29, 0.717) is 0 Å². The van der Waals surface area contributed by atoms with Gasteiger partial charge < -0.3 is 18.6 Å². The summed E-state index contributed by atoms with van der Waals surface area (Å²) < 4.78 is 319. The number of nitrogens with zero attached hydrogens (tertiary/aromatic N) is 4. The molecule has 0 amide bonds. The largest absolute Gasteiger partial charge is 0.310 e. The van der Waals surface area contributed by atoms with Gasteiger partial charge in [0.05, 0.1) is 71.9 Å². The minimum atomic E-state index is -3.82. The first-order valence-corrected chi connectivity index (χ1v) is 23.0. The Labute approximate surface area is 470 Å². The van der Waals surface area contributed by atoms with E-state index in [1.165, 1.54) is 57.3 Å². The van der Waals surface area contributed by atoms with Gasteiger partial charge in [0.15, 0.2) is 0 Å². The molecule has 0 saturated heterocycles. The van der Waals surface area contributed by atoms with E-state index in [0.717, 1.165) is 9.80 Å². The number of anilines is 6. The van der Waals surface area contributed by atoms with E-state index in [2.05, 4.69) is 0 Å². The van der Waals surface area contributed by atoms with Crippen molar-refractivity contribution in [3.63, 3.8) is 0 Å². The van der Waals surface area contributed by atoms with Crippen molar-refractivity contribution in [3.05, 3.63) is 204 Å². The van der Waals surface area contributed by atoms with Crippen LogP contribution < -0.4 is 9.80 Å². The molecular formula is C68H62N4. The van der Waals surface area contributed by atoms with Crippen molar-refractivity contribution in [1.82, 2.24) is 8.80 Å². The Balaban J connectivity index is 1.30. The smallest absolute Gasteiger partial charge is 0.0653 e. The molecule has 4 heteroatoms. The molecule has 13 aromatic rings. The van der Waals surface area contributed by atoms with Crippen molar-refractivity contribution in [3.8, 4) is 0 Å². The maximum Gasteiger partial charge on any atom is 0.0653 e. The fourth-order valence-corrected chi connectivity index (χ4v) is 10.1. The lowest BCUT2D eigenvalue weighted by molar-refractivity contribution is 0.594. The molecule has 4 aromatic heterocycles. The number of fused-ring (bicyclic) bond motifs is 12. The third kappa shape index (κ3) is 6.43. The first-order chi connectivity index (χ1) is 48.7.